The van der Waals surface area contributed by atoms with Crippen LogP contribution in [-0.2, 0) is 32.7 Å². The lowest BCUT2D eigenvalue weighted by Gasteiger charge is -2.19. The largest absolute Gasteiger partial charge is 0.472 e. The summed E-state index contributed by atoms with van der Waals surface area (Å²) in [5.74, 6) is -0.863. The predicted molar refractivity (Wildman–Crippen MR) is 302 cm³/mol. The van der Waals surface area contributed by atoms with Crippen molar-refractivity contribution in [3.05, 3.63) is 85.1 Å². The van der Waals surface area contributed by atoms with Crippen LogP contribution in [0.1, 0.15) is 258 Å². The highest BCUT2D eigenvalue weighted by Gasteiger charge is 2.26. The molecule has 3 N–H and O–H groups in total. The molecule has 0 aliphatic rings. The Balaban J connectivity index is 3.95. The summed E-state index contributed by atoms with van der Waals surface area (Å²) in [6.45, 7) is 3.59. The van der Waals surface area contributed by atoms with E-state index in [1.54, 1.807) is 0 Å². The molecule has 0 spiro atoms. The van der Waals surface area contributed by atoms with Crippen molar-refractivity contribution in [2.45, 2.75) is 264 Å². The molecule has 9 nitrogen and oxygen atoms in total. The molecule has 0 saturated carbocycles. The second kappa shape index (κ2) is 56.5. The number of hydrogen-bond donors (Lipinski definition) is 2. The van der Waals surface area contributed by atoms with Gasteiger partial charge >= 0.3 is 19.8 Å². The van der Waals surface area contributed by atoms with Crippen molar-refractivity contribution < 1.29 is 37.6 Å². The molecule has 0 amide bonds. The molecule has 0 bridgehead atoms. The van der Waals surface area contributed by atoms with Gasteiger partial charge in [0.15, 0.2) is 6.10 Å². The van der Waals surface area contributed by atoms with Crippen LogP contribution in [0.2, 0.25) is 0 Å². The smallest absolute Gasteiger partial charge is 0.462 e. The summed E-state index contributed by atoms with van der Waals surface area (Å²) in [6, 6.07) is 0. The van der Waals surface area contributed by atoms with Gasteiger partial charge in [0.25, 0.3) is 0 Å². The molecule has 0 aromatic rings. The van der Waals surface area contributed by atoms with Gasteiger partial charge in [0.1, 0.15) is 6.61 Å². The number of allylic oxidation sites excluding steroid dienone is 14. The number of carbonyl (C=O) groups is 2. The fourth-order valence-corrected chi connectivity index (χ4v) is 8.75. The number of rotatable bonds is 54. The van der Waals surface area contributed by atoms with Crippen LogP contribution in [0.5, 0.6) is 0 Å². The van der Waals surface area contributed by atoms with Gasteiger partial charge < -0.3 is 20.1 Å². The first kappa shape index (κ1) is 68.2. The molecule has 410 valence electrons. The van der Waals surface area contributed by atoms with E-state index in [-0.39, 0.29) is 38.6 Å². The minimum absolute atomic E-state index is 0.0446. The third-order valence-electron chi connectivity index (χ3n) is 12.3. The van der Waals surface area contributed by atoms with Gasteiger partial charge in [-0.2, -0.15) is 0 Å². The van der Waals surface area contributed by atoms with Crippen molar-refractivity contribution in [2.75, 3.05) is 26.4 Å². The predicted octanol–water partition coefficient (Wildman–Crippen LogP) is 18.3. The highest BCUT2D eigenvalue weighted by molar-refractivity contribution is 7.47. The van der Waals surface area contributed by atoms with Crippen molar-refractivity contribution >= 4 is 19.8 Å². The van der Waals surface area contributed by atoms with Crippen molar-refractivity contribution in [2.24, 2.45) is 5.73 Å². The summed E-state index contributed by atoms with van der Waals surface area (Å²) in [4.78, 5) is 35.1. The van der Waals surface area contributed by atoms with E-state index < -0.39 is 26.5 Å². The molecule has 10 heteroatoms. The van der Waals surface area contributed by atoms with Crippen LogP contribution in [0.15, 0.2) is 85.1 Å². The van der Waals surface area contributed by atoms with Crippen molar-refractivity contribution in [3.63, 3.8) is 0 Å². The fraction of sp³-hybridized carbons (Fsp3) is 0.738. The Kier molecular flexibility index (Phi) is 54.2. The Bertz CT molecular complexity index is 1440. The second-order valence-electron chi connectivity index (χ2n) is 19.1. The lowest BCUT2D eigenvalue weighted by Crippen LogP contribution is -2.29. The van der Waals surface area contributed by atoms with Crippen molar-refractivity contribution in [3.8, 4) is 0 Å². The molecule has 2 atom stereocenters. The van der Waals surface area contributed by atoms with E-state index in [4.69, 9.17) is 24.3 Å². The fourth-order valence-electron chi connectivity index (χ4n) is 7.99. The minimum atomic E-state index is -4.40. The number of esters is 2. The Morgan fingerprint density at radius 2 is 0.775 bits per heavy atom. The van der Waals surface area contributed by atoms with Gasteiger partial charge in [0, 0.05) is 19.4 Å². The van der Waals surface area contributed by atoms with Gasteiger partial charge in [0.05, 0.1) is 13.2 Å². The van der Waals surface area contributed by atoms with E-state index in [0.29, 0.717) is 6.42 Å². The first-order valence-electron chi connectivity index (χ1n) is 29.1. The maximum atomic E-state index is 12.7. The van der Waals surface area contributed by atoms with Crippen LogP contribution in [0.25, 0.3) is 0 Å². The van der Waals surface area contributed by atoms with E-state index in [0.717, 1.165) is 77.0 Å². The van der Waals surface area contributed by atoms with Gasteiger partial charge in [-0.05, 0) is 89.9 Å². The molecule has 0 aliphatic carbocycles. The summed E-state index contributed by atoms with van der Waals surface area (Å²) in [5, 5.41) is 0. The van der Waals surface area contributed by atoms with E-state index >= 15 is 0 Å². The third-order valence-corrected chi connectivity index (χ3v) is 13.2. The number of nitrogens with two attached hydrogens (primary N) is 1. The SMILES string of the molecule is CC/C=C\C/C=C\C/C=C\C/C=C\C/C=C\CCCCCC(=O)OC(COC(=O)CCCCCCCCCCCCCCCCCCCCC/C=C\C/C=C\CCCCCCC)COP(=O)(O)OCCN. The molecular weight excluding hydrogens is 906 g/mol. The second-order valence-corrected chi connectivity index (χ2v) is 20.6. The zero-order valence-corrected chi connectivity index (χ0v) is 46.6. The number of hydrogen-bond acceptors (Lipinski definition) is 8. The highest BCUT2D eigenvalue weighted by atomic mass is 31.2. The van der Waals surface area contributed by atoms with E-state index in [1.165, 1.54) is 148 Å². The van der Waals surface area contributed by atoms with Crippen LogP contribution in [0, 0.1) is 0 Å². The number of phosphoric ester groups is 1. The van der Waals surface area contributed by atoms with E-state index in [1.807, 2.05) is 0 Å². The number of phosphoric acid groups is 1. The maximum Gasteiger partial charge on any atom is 0.472 e. The Hall–Kier alpha value is -2.81. The van der Waals surface area contributed by atoms with Gasteiger partial charge in [0.2, 0.25) is 0 Å². The number of ether oxygens (including phenoxy) is 2. The molecular formula is C61H108NO8P. The molecule has 0 fully saturated rings. The lowest BCUT2D eigenvalue weighted by atomic mass is 10.0. The Morgan fingerprint density at radius 1 is 0.437 bits per heavy atom. The summed E-state index contributed by atoms with van der Waals surface area (Å²) < 4.78 is 33.0. The first-order valence-corrected chi connectivity index (χ1v) is 30.6. The third kappa shape index (κ3) is 56.3. The molecule has 0 aromatic carbocycles. The van der Waals surface area contributed by atoms with Gasteiger partial charge in [-0.3, -0.25) is 18.6 Å². The maximum absolute atomic E-state index is 12.7. The average molecular weight is 1010 g/mol. The normalized spacial score (nSPS) is 13.7. The summed E-state index contributed by atoms with van der Waals surface area (Å²) in [6.07, 6.45) is 73.7. The zero-order chi connectivity index (χ0) is 51.7. The number of carbonyl (C=O) groups excluding carboxylic acids is 2. The Labute approximate surface area is 436 Å². The topological polar surface area (TPSA) is 134 Å². The quantitative estimate of drug-likeness (QED) is 0.0264. The standard InChI is InChI=1S/C61H108NO8P/c1-3-5-7-9-11-13-15-17-19-21-23-24-25-26-27-28-29-30-31-32-33-34-36-37-39-41-43-45-47-49-51-53-60(63)67-57-59(58-69-71(65,66)68-56-55-62)70-61(64)54-52-50-48-46-44-42-40-38-35-22-20-18-16-14-12-10-8-6-4-2/h6,8,12,14-15,17-18,20-21,23,35,38,42,44,59H,3-5,7,9-11,13,16,19,22,24-34,36-37,39-41,43,45-58,62H2,1-2H3,(H,65,66)/b8-6-,14-12-,17-15-,20-18-,23-21-,38-35-,44-42-. The Morgan fingerprint density at radius 3 is 1.17 bits per heavy atom. The van der Waals surface area contributed by atoms with E-state index in [2.05, 4.69) is 98.9 Å². The minimum Gasteiger partial charge on any atom is -0.462 e. The van der Waals surface area contributed by atoms with Gasteiger partial charge in [-0.1, -0.05) is 240 Å². The summed E-state index contributed by atoms with van der Waals surface area (Å²) in [5.41, 5.74) is 5.37. The lowest BCUT2D eigenvalue weighted by molar-refractivity contribution is -0.161. The van der Waals surface area contributed by atoms with Crippen LogP contribution >= 0.6 is 7.82 Å². The van der Waals surface area contributed by atoms with Gasteiger partial charge in [-0.25, -0.2) is 4.57 Å². The van der Waals surface area contributed by atoms with Crippen molar-refractivity contribution in [1.82, 2.24) is 0 Å². The molecule has 71 heavy (non-hydrogen) atoms. The summed E-state index contributed by atoms with van der Waals surface area (Å²) in [7, 11) is -4.40. The molecule has 0 aliphatic heterocycles. The van der Waals surface area contributed by atoms with Crippen LogP contribution < -0.4 is 5.73 Å². The monoisotopic (exact) mass is 1010 g/mol. The number of unbranched alkanes of at least 4 members (excludes halogenated alkanes) is 27. The van der Waals surface area contributed by atoms with Crippen LogP contribution in [-0.4, -0.2) is 49.3 Å². The summed E-state index contributed by atoms with van der Waals surface area (Å²) >= 11 is 0. The molecule has 0 aromatic heterocycles. The zero-order valence-electron chi connectivity index (χ0n) is 45.7. The molecule has 0 heterocycles. The van der Waals surface area contributed by atoms with Gasteiger partial charge in [-0.15, -0.1) is 0 Å². The molecule has 0 rings (SSSR count). The van der Waals surface area contributed by atoms with E-state index in [9.17, 15) is 19.0 Å². The molecule has 0 saturated heterocycles. The molecule has 0 radical (unpaired) electrons. The van der Waals surface area contributed by atoms with Crippen LogP contribution in [0.3, 0.4) is 0 Å². The first-order chi connectivity index (χ1) is 34.8. The van der Waals surface area contributed by atoms with Crippen molar-refractivity contribution in [1.29, 1.82) is 0 Å². The molecule has 2 unspecified atom stereocenters. The van der Waals surface area contributed by atoms with Crippen LogP contribution in [0.4, 0.5) is 0 Å². The highest BCUT2D eigenvalue weighted by Crippen LogP contribution is 2.43. The average Bonchev–Trinajstić information content (AvgIpc) is 3.36.